The van der Waals surface area contributed by atoms with Gasteiger partial charge in [0.25, 0.3) is 0 Å². The molecule has 186 valence electrons. The van der Waals surface area contributed by atoms with Crippen LogP contribution in [0, 0.1) is 23.4 Å². The van der Waals surface area contributed by atoms with Gasteiger partial charge in [-0.3, -0.25) is 0 Å². The van der Waals surface area contributed by atoms with Crippen molar-refractivity contribution in [1.82, 2.24) is 0 Å². The number of halogens is 6. The van der Waals surface area contributed by atoms with Crippen LogP contribution in [0.4, 0.5) is 26.3 Å². The number of alkyl halides is 3. The molecular weight excluding hydrogens is 450 g/mol. The van der Waals surface area contributed by atoms with Crippen molar-refractivity contribution in [2.75, 3.05) is 0 Å². The van der Waals surface area contributed by atoms with Gasteiger partial charge in [-0.05, 0) is 104 Å². The molecule has 0 N–H and O–H groups in total. The highest BCUT2D eigenvalue weighted by Crippen LogP contribution is 2.38. The summed E-state index contributed by atoms with van der Waals surface area (Å²) in [5.74, 6) is -1.54. The van der Waals surface area contributed by atoms with Gasteiger partial charge in [-0.15, -0.1) is 0 Å². The highest BCUT2D eigenvalue weighted by Gasteiger charge is 2.25. The Morgan fingerprint density at radius 2 is 1.47 bits per heavy atom. The van der Waals surface area contributed by atoms with Crippen molar-refractivity contribution in [1.29, 1.82) is 0 Å². The molecule has 0 unspecified atom stereocenters. The van der Waals surface area contributed by atoms with E-state index in [-0.39, 0.29) is 17.8 Å². The lowest BCUT2D eigenvalue weighted by Crippen LogP contribution is -2.15. The first-order valence-corrected chi connectivity index (χ1v) is 12.2. The number of allylic oxidation sites excluding steroid dienone is 1. The monoisotopic (exact) mass is 482 g/mol. The largest absolute Gasteiger partial charge is 0.409 e. The maximum Gasteiger partial charge on any atom is 0.409 e. The van der Waals surface area contributed by atoms with Gasteiger partial charge < -0.3 is 0 Å². The summed E-state index contributed by atoms with van der Waals surface area (Å²) in [7, 11) is 0. The van der Waals surface area contributed by atoms with E-state index in [1.165, 1.54) is 0 Å². The average Bonchev–Trinajstić information content (AvgIpc) is 2.77. The number of benzene rings is 2. The smallest absolute Gasteiger partial charge is 0.207 e. The van der Waals surface area contributed by atoms with E-state index in [4.69, 9.17) is 0 Å². The number of rotatable bonds is 9. The van der Waals surface area contributed by atoms with Crippen LogP contribution < -0.4 is 0 Å². The summed E-state index contributed by atoms with van der Waals surface area (Å²) in [6.45, 7) is 2.15. The van der Waals surface area contributed by atoms with Gasteiger partial charge in [0.1, 0.15) is 17.5 Å². The van der Waals surface area contributed by atoms with Crippen LogP contribution in [0.2, 0.25) is 0 Å². The SMILES string of the molecule is CCCCCc1ccc(C2CCC(CCc3cc(F)c(C=CC(F)(F)F)c(F)c3)CC2)c(F)c1. The van der Waals surface area contributed by atoms with E-state index in [1.54, 1.807) is 6.07 Å². The van der Waals surface area contributed by atoms with Gasteiger partial charge in [-0.2, -0.15) is 13.2 Å². The second kappa shape index (κ2) is 11.9. The van der Waals surface area contributed by atoms with Gasteiger partial charge in [0.2, 0.25) is 0 Å². The zero-order chi connectivity index (χ0) is 24.7. The van der Waals surface area contributed by atoms with Crippen molar-refractivity contribution >= 4 is 6.08 Å². The fourth-order valence-electron chi connectivity index (χ4n) is 4.89. The highest BCUT2D eigenvalue weighted by atomic mass is 19.4. The second-order valence-corrected chi connectivity index (χ2v) is 9.42. The van der Waals surface area contributed by atoms with Gasteiger partial charge in [-0.25, -0.2) is 13.2 Å². The van der Waals surface area contributed by atoms with E-state index in [1.807, 2.05) is 12.1 Å². The normalized spacial score (nSPS) is 19.1. The molecule has 0 saturated heterocycles. The molecule has 0 heterocycles. The average molecular weight is 483 g/mol. The van der Waals surface area contributed by atoms with E-state index < -0.39 is 23.4 Å². The van der Waals surface area contributed by atoms with Crippen LogP contribution in [-0.2, 0) is 12.8 Å². The van der Waals surface area contributed by atoms with E-state index >= 15 is 0 Å². The van der Waals surface area contributed by atoms with Gasteiger partial charge in [0.05, 0.1) is 0 Å². The van der Waals surface area contributed by atoms with Crippen molar-refractivity contribution < 1.29 is 26.3 Å². The van der Waals surface area contributed by atoms with Crippen LogP contribution in [0.3, 0.4) is 0 Å². The number of unbranched alkanes of at least 4 members (excludes halogenated alkanes) is 2. The molecule has 0 aromatic heterocycles. The Morgan fingerprint density at radius 3 is 2.06 bits per heavy atom. The molecule has 1 aliphatic rings. The Morgan fingerprint density at radius 1 is 0.824 bits per heavy atom. The summed E-state index contributed by atoms with van der Waals surface area (Å²) < 4.78 is 79.9. The third kappa shape index (κ3) is 7.64. The van der Waals surface area contributed by atoms with Crippen LogP contribution in [-0.4, -0.2) is 6.18 Å². The first-order valence-electron chi connectivity index (χ1n) is 12.2. The third-order valence-electron chi connectivity index (χ3n) is 6.84. The number of aryl methyl sites for hydroxylation is 2. The Labute approximate surface area is 198 Å². The van der Waals surface area contributed by atoms with Crippen molar-refractivity contribution in [3.8, 4) is 0 Å². The van der Waals surface area contributed by atoms with E-state index in [0.29, 0.717) is 24.0 Å². The van der Waals surface area contributed by atoms with Crippen molar-refractivity contribution in [2.24, 2.45) is 5.92 Å². The minimum atomic E-state index is -4.63. The molecule has 2 aromatic carbocycles. The van der Waals surface area contributed by atoms with Crippen LogP contribution in [0.5, 0.6) is 0 Å². The molecule has 0 atom stereocenters. The van der Waals surface area contributed by atoms with Crippen LogP contribution >= 0.6 is 0 Å². The summed E-state index contributed by atoms with van der Waals surface area (Å²) in [6, 6.07) is 7.87. The summed E-state index contributed by atoms with van der Waals surface area (Å²) in [6.07, 6.45) is 4.65. The minimum absolute atomic E-state index is 0.122. The van der Waals surface area contributed by atoms with Crippen molar-refractivity contribution in [2.45, 2.75) is 83.2 Å². The zero-order valence-corrected chi connectivity index (χ0v) is 19.5. The number of hydrogen-bond acceptors (Lipinski definition) is 0. The van der Waals surface area contributed by atoms with E-state index in [0.717, 1.165) is 81.0 Å². The molecule has 0 bridgehead atoms. The molecule has 6 heteroatoms. The molecule has 0 amide bonds. The minimum Gasteiger partial charge on any atom is -0.207 e. The Bertz CT molecular complexity index is 944. The first-order chi connectivity index (χ1) is 16.2. The predicted molar refractivity (Wildman–Crippen MR) is 124 cm³/mol. The lowest BCUT2D eigenvalue weighted by atomic mass is 9.76. The van der Waals surface area contributed by atoms with Gasteiger partial charge in [0, 0.05) is 11.6 Å². The zero-order valence-electron chi connectivity index (χ0n) is 19.5. The number of hydrogen-bond donors (Lipinski definition) is 0. The molecule has 1 aliphatic carbocycles. The van der Waals surface area contributed by atoms with Crippen LogP contribution in [0.15, 0.2) is 36.4 Å². The summed E-state index contributed by atoms with van der Waals surface area (Å²) in [4.78, 5) is 0. The summed E-state index contributed by atoms with van der Waals surface area (Å²) >= 11 is 0. The molecule has 1 saturated carbocycles. The van der Waals surface area contributed by atoms with Gasteiger partial charge in [0.15, 0.2) is 0 Å². The van der Waals surface area contributed by atoms with Crippen LogP contribution in [0.25, 0.3) is 6.08 Å². The molecule has 0 nitrogen and oxygen atoms in total. The standard InChI is InChI=1S/C28H32F6/c1-2-3-4-5-20-10-13-23(25(29)16-20)22-11-8-19(9-12-22)6-7-21-17-26(30)24(27(31)18-21)14-15-28(32,33)34/h10,13-19,22H,2-9,11-12H2,1H3. The van der Waals surface area contributed by atoms with Crippen molar-refractivity contribution in [3.63, 3.8) is 0 Å². The van der Waals surface area contributed by atoms with E-state index in [2.05, 4.69) is 6.92 Å². The Balaban J connectivity index is 1.52. The molecule has 3 rings (SSSR count). The second-order valence-electron chi connectivity index (χ2n) is 9.42. The lowest BCUT2D eigenvalue weighted by Gasteiger charge is -2.29. The maximum absolute atomic E-state index is 14.7. The lowest BCUT2D eigenvalue weighted by molar-refractivity contribution is -0.0790. The summed E-state index contributed by atoms with van der Waals surface area (Å²) in [5, 5.41) is 0. The third-order valence-corrected chi connectivity index (χ3v) is 6.84. The predicted octanol–water partition coefficient (Wildman–Crippen LogP) is 9.32. The van der Waals surface area contributed by atoms with Crippen LogP contribution in [0.1, 0.15) is 86.5 Å². The molecule has 1 fully saturated rings. The van der Waals surface area contributed by atoms with Gasteiger partial charge >= 0.3 is 6.18 Å². The topological polar surface area (TPSA) is 0 Å². The Kier molecular flexibility index (Phi) is 9.26. The molecule has 34 heavy (non-hydrogen) atoms. The quantitative estimate of drug-likeness (QED) is 0.247. The fourth-order valence-corrected chi connectivity index (χ4v) is 4.89. The molecule has 2 aromatic rings. The molecular formula is C28H32F6. The summed E-state index contributed by atoms with van der Waals surface area (Å²) in [5.41, 5.74) is 1.58. The fraction of sp³-hybridized carbons (Fsp3) is 0.500. The maximum atomic E-state index is 14.7. The first kappa shape index (κ1) is 26.4. The molecule has 0 spiro atoms. The highest BCUT2D eigenvalue weighted by molar-refractivity contribution is 5.52. The van der Waals surface area contributed by atoms with E-state index in [9.17, 15) is 26.3 Å². The Hall–Kier alpha value is -2.24. The molecule has 0 aliphatic heterocycles. The van der Waals surface area contributed by atoms with Gasteiger partial charge in [-0.1, -0.05) is 31.9 Å². The van der Waals surface area contributed by atoms with Crippen molar-refractivity contribution in [3.05, 3.63) is 76.1 Å². The molecule has 0 radical (unpaired) electrons.